The molecule has 3 aliphatic rings. The third-order valence-electron chi connectivity index (χ3n) is 7.56. The maximum Gasteiger partial charge on any atom is 0.131 e. The number of rotatable bonds is 6. The van der Waals surface area contributed by atoms with Crippen molar-refractivity contribution >= 4 is 28.2 Å². The molecule has 0 bridgehead atoms. The van der Waals surface area contributed by atoms with Crippen molar-refractivity contribution in [1.82, 2.24) is 20.2 Å². The second-order valence-corrected chi connectivity index (χ2v) is 10.3. The Balaban J connectivity index is 1.08. The van der Waals surface area contributed by atoms with Crippen LogP contribution < -0.4 is 20.4 Å². The summed E-state index contributed by atoms with van der Waals surface area (Å²) in [5.41, 5.74) is 2.52. The highest BCUT2D eigenvalue weighted by Crippen LogP contribution is 2.30. The lowest BCUT2D eigenvalue weighted by Gasteiger charge is -2.42. The average Bonchev–Trinajstić information content (AvgIpc) is 2.90. The number of morpholine rings is 1. The van der Waals surface area contributed by atoms with Crippen LogP contribution in [0, 0.1) is 11.3 Å². The number of pyridine rings is 2. The third kappa shape index (κ3) is 5.18. The molecule has 3 aliphatic heterocycles. The number of ether oxygens (including phenoxy) is 1. The van der Waals surface area contributed by atoms with E-state index in [0.29, 0.717) is 11.6 Å². The minimum absolute atomic E-state index is 0.124. The van der Waals surface area contributed by atoms with E-state index in [0.717, 1.165) is 87.1 Å². The van der Waals surface area contributed by atoms with Gasteiger partial charge in [-0.15, -0.1) is 0 Å². The number of hydrogen-bond acceptors (Lipinski definition) is 9. The molecule has 0 radical (unpaired) electrons. The van der Waals surface area contributed by atoms with Gasteiger partial charge >= 0.3 is 0 Å². The van der Waals surface area contributed by atoms with Gasteiger partial charge in [0.1, 0.15) is 17.7 Å². The zero-order valence-electron chi connectivity index (χ0n) is 21.3. The van der Waals surface area contributed by atoms with E-state index in [9.17, 15) is 5.26 Å². The van der Waals surface area contributed by atoms with Crippen molar-refractivity contribution in [1.29, 1.82) is 5.26 Å². The predicted molar refractivity (Wildman–Crippen MR) is 146 cm³/mol. The lowest BCUT2D eigenvalue weighted by atomic mass is 10.1. The SMILES string of the molecule is CC1CN(c2ccc(C#N)c3ncccc23)CC(CN2CCN(c3cccc(NC4CNC4)n3)CC2)O1. The summed E-state index contributed by atoms with van der Waals surface area (Å²) in [6, 6.07) is 17.0. The molecule has 2 unspecified atom stereocenters. The Morgan fingerprint density at radius 1 is 1.05 bits per heavy atom. The molecule has 192 valence electrons. The predicted octanol–water partition coefficient (Wildman–Crippen LogP) is 2.30. The van der Waals surface area contributed by atoms with E-state index >= 15 is 0 Å². The van der Waals surface area contributed by atoms with E-state index in [1.165, 1.54) is 0 Å². The van der Waals surface area contributed by atoms with Crippen LogP contribution >= 0.6 is 0 Å². The summed E-state index contributed by atoms with van der Waals surface area (Å²) >= 11 is 0. The first-order chi connectivity index (χ1) is 18.2. The largest absolute Gasteiger partial charge is 0.370 e. The molecule has 0 saturated carbocycles. The quantitative estimate of drug-likeness (QED) is 0.531. The molecule has 2 N–H and O–H groups in total. The molecule has 9 nitrogen and oxygen atoms in total. The van der Waals surface area contributed by atoms with Crippen molar-refractivity contribution < 1.29 is 4.74 Å². The van der Waals surface area contributed by atoms with Crippen LogP contribution in [0.5, 0.6) is 0 Å². The van der Waals surface area contributed by atoms with Gasteiger partial charge in [0, 0.05) is 76.2 Å². The highest BCUT2D eigenvalue weighted by atomic mass is 16.5. The molecular formula is C28H34N8O. The van der Waals surface area contributed by atoms with Crippen LogP contribution in [0.2, 0.25) is 0 Å². The Kier molecular flexibility index (Phi) is 6.79. The van der Waals surface area contributed by atoms with Gasteiger partial charge in [-0.05, 0) is 43.3 Å². The van der Waals surface area contributed by atoms with Crippen molar-refractivity contribution in [3.63, 3.8) is 0 Å². The minimum Gasteiger partial charge on any atom is -0.370 e. The van der Waals surface area contributed by atoms with Crippen LogP contribution in [0.3, 0.4) is 0 Å². The maximum absolute atomic E-state index is 9.51. The third-order valence-corrected chi connectivity index (χ3v) is 7.56. The number of hydrogen-bond donors (Lipinski definition) is 2. The van der Waals surface area contributed by atoms with Crippen molar-refractivity contribution in [3.8, 4) is 6.07 Å². The van der Waals surface area contributed by atoms with Gasteiger partial charge in [-0.25, -0.2) is 4.98 Å². The molecule has 37 heavy (non-hydrogen) atoms. The zero-order chi connectivity index (χ0) is 25.2. The Hall–Kier alpha value is -3.45. The highest BCUT2D eigenvalue weighted by Gasteiger charge is 2.29. The molecule has 1 aromatic carbocycles. The van der Waals surface area contributed by atoms with Gasteiger partial charge < -0.3 is 25.2 Å². The first kappa shape index (κ1) is 23.9. The molecule has 3 aromatic rings. The Labute approximate surface area is 218 Å². The van der Waals surface area contributed by atoms with Gasteiger partial charge in [-0.1, -0.05) is 6.07 Å². The fraction of sp³-hybridized carbons (Fsp3) is 0.464. The maximum atomic E-state index is 9.51. The van der Waals surface area contributed by atoms with Crippen LogP contribution in [-0.2, 0) is 4.74 Å². The minimum atomic E-state index is 0.124. The van der Waals surface area contributed by atoms with Gasteiger partial charge in [0.15, 0.2) is 0 Å². The number of nitriles is 1. The second kappa shape index (κ2) is 10.5. The van der Waals surface area contributed by atoms with Crippen molar-refractivity contribution in [2.24, 2.45) is 0 Å². The van der Waals surface area contributed by atoms with E-state index in [4.69, 9.17) is 9.72 Å². The van der Waals surface area contributed by atoms with Gasteiger partial charge in [0.05, 0.1) is 29.3 Å². The van der Waals surface area contributed by atoms with Crippen molar-refractivity contribution in [3.05, 3.63) is 54.2 Å². The van der Waals surface area contributed by atoms with Crippen LogP contribution in [0.15, 0.2) is 48.7 Å². The zero-order valence-corrected chi connectivity index (χ0v) is 21.3. The normalized spacial score (nSPS) is 23.0. The summed E-state index contributed by atoms with van der Waals surface area (Å²) in [6.45, 7) is 10.6. The van der Waals surface area contributed by atoms with E-state index in [1.807, 2.05) is 12.1 Å². The Morgan fingerprint density at radius 3 is 2.70 bits per heavy atom. The van der Waals surface area contributed by atoms with E-state index in [1.54, 1.807) is 6.20 Å². The molecule has 2 atom stereocenters. The van der Waals surface area contributed by atoms with Gasteiger partial charge in [0.25, 0.3) is 0 Å². The second-order valence-electron chi connectivity index (χ2n) is 10.3. The number of nitrogens with zero attached hydrogens (tertiary/aromatic N) is 6. The first-order valence-corrected chi connectivity index (χ1v) is 13.3. The smallest absolute Gasteiger partial charge is 0.131 e. The number of benzene rings is 1. The molecule has 5 heterocycles. The molecule has 2 aromatic heterocycles. The monoisotopic (exact) mass is 498 g/mol. The summed E-state index contributed by atoms with van der Waals surface area (Å²) < 4.78 is 6.39. The van der Waals surface area contributed by atoms with Gasteiger partial charge in [0.2, 0.25) is 0 Å². The fourth-order valence-electron chi connectivity index (χ4n) is 5.59. The molecule has 0 aliphatic carbocycles. The standard InChI is InChI=1S/C28H34N8O/c1-20-17-36(25-8-7-21(14-29)28-24(25)4-3-9-31-28)19-23(37-20)18-34-10-12-35(13-11-34)27-6-2-5-26(33-27)32-22-15-30-16-22/h2-9,20,22-23,30H,10-13,15-19H2,1H3,(H,32,33). The summed E-state index contributed by atoms with van der Waals surface area (Å²) in [4.78, 5) is 16.7. The molecule has 0 amide bonds. The summed E-state index contributed by atoms with van der Waals surface area (Å²) in [6.07, 6.45) is 2.01. The number of fused-ring (bicyclic) bond motifs is 1. The van der Waals surface area contributed by atoms with E-state index < -0.39 is 0 Å². The summed E-state index contributed by atoms with van der Waals surface area (Å²) in [5.74, 6) is 2.01. The highest BCUT2D eigenvalue weighted by molar-refractivity contribution is 5.95. The number of anilines is 3. The molecule has 3 fully saturated rings. The topological polar surface area (TPSA) is 92.6 Å². The van der Waals surface area contributed by atoms with Crippen LogP contribution in [0.4, 0.5) is 17.3 Å². The van der Waals surface area contributed by atoms with Gasteiger partial charge in [-0.2, -0.15) is 5.26 Å². The summed E-state index contributed by atoms with van der Waals surface area (Å²) in [7, 11) is 0. The van der Waals surface area contributed by atoms with Gasteiger partial charge in [-0.3, -0.25) is 9.88 Å². The first-order valence-electron chi connectivity index (χ1n) is 13.3. The molecular weight excluding hydrogens is 464 g/mol. The summed E-state index contributed by atoms with van der Waals surface area (Å²) in [5, 5.41) is 17.3. The Morgan fingerprint density at radius 2 is 1.92 bits per heavy atom. The van der Waals surface area contributed by atoms with Crippen LogP contribution in [0.25, 0.3) is 10.9 Å². The lowest BCUT2D eigenvalue weighted by molar-refractivity contribution is -0.0327. The Bertz CT molecular complexity index is 1280. The van der Waals surface area contributed by atoms with Crippen molar-refractivity contribution in [2.45, 2.75) is 25.2 Å². The molecule has 3 saturated heterocycles. The molecule has 9 heteroatoms. The fourth-order valence-corrected chi connectivity index (χ4v) is 5.59. The number of piperazine rings is 1. The lowest BCUT2D eigenvalue weighted by Crippen LogP contribution is -2.54. The molecule has 0 spiro atoms. The number of aromatic nitrogens is 2. The average molecular weight is 499 g/mol. The van der Waals surface area contributed by atoms with Crippen LogP contribution in [-0.4, -0.2) is 92.0 Å². The van der Waals surface area contributed by atoms with Crippen LogP contribution in [0.1, 0.15) is 12.5 Å². The van der Waals surface area contributed by atoms with E-state index in [-0.39, 0.29) is 12.2 Å². The van der Waals surface area contributed by atoms with E-state index in [2.05, 4.69) is 73.6 Å². The molecule has 6 rings (SSSR count). The van der Waals surface area contributed by atoms with Crippen molar-refractivity contribution in [2.75, 3.05) is 74.0 Å². The number of nitrogens with one attached hydrogen (secondary N) is 2.